The average molecular weight is 522 g/mol. The fraction of sp³-hybridized carbons (Fsp3) is 0.226. The predicted octanol–water partition coefficient (Wildman–Crippen LogP) is 6.22. The van der Waals surface area contributed by atoms with Gasteiger partial charge in [-0.05, 0) is 44.4 Å². The molecule has 7 heteroatoms. The first-order valence-electron chi connectivity index (χ1n) is 12.8. The van der Waals surface area contributed by atoms with E-state index in [0.717, 1.165) is 22.2 Å². The zero-order chi connectivity index (χ0) is 26.5. The summed E-state index contributed by atoms with van der Waals surface area (Å²) in [6.45, 7) is 8.19. The summed E-state index contributed by atoms with van der Waals surface area (Å²) in [6.07, 6.45) is 3.68. The molecule has 6 rings (SSSR count). The van der Waals surface area contributed by atoms with E-state index in [0.29, 0.717) is 16.3 Å². The molecule has 0 atom stereocenters. The van der Waals surface area contributed by atoms with Crippen LogP contribution in [-0.4, -0.2) is 32.9 Å². The lowest BCUT2D eigenvalue weighted by molar-refractivity contribution is 0.00578. The lowest BCUT2D eigenvalue weighted by Crippen LogP contribution is -2.41. The van der Waals surface area contributed by atoms with E-state index in [1.165, 1.54) is 0 Å². The Labute approximate surface area is 228 Å². The summed E-state index contributed by atoms with van der Waals surface area (Å²) in [5.41, 5.74) is 3.64. The molecular weight excluding hydrogens is 493 g/mol. The minimum absolute atomic E-state index is 0.317. The van der Waals surface area contributed by atoms with Gasteiger partial charge in [-0.2, -0.15) is 0 Å². The monoisotopic (exact) mass is 521 g/mol. The number of halogens is 1. The van der Waals surface area contributed by atoms with Crippen molar-refractivity contribution in [3.8, 4) is 0 Å². The van der Waals surface area contributed by atoms with Crippen molar-refractivity contribution in [2.75, 3.05) is 0 Å². The van der Waals surface area contributed by atoms with Gasteiger partial charge in [0.15, 0.2) is 5.65 Å². The first-order valence-corrected chi connectivity index (χ1v) is 13.2. The van der Waals surface area contributed by atoms with Gasteiger partial charge in [-0.1, -0.05) is 103 Å². The highest BCUT2D eigenvalue weighted by Crippen LogP contribution is 2.43. The molecule has 0 spiro atoms. The minimum Gasteiger partial charge on any atom is -0.399 e. The van der Waals surface area contributed by atoms with Gasteiger partial charge in [0.25, 0.3) is 0 Å². The molecular formula is C31H29BClN3O2. The van der Waals surface area contributed by atoms with Crippen LogP contribution >= 0.6 is 11.6 Å². The Balaban J connectivity index is 1.72. The first kappa shape index (κ1) is 24.9. The van der Waals surface area contributed by atoms with Crippen LogP contribution in [0.25, 0.3) is 11.2 Å². The quantitative estimate of drug-likeness (QED) is 0.203. The molecule has 0 aliphatic carbocycles. The number of fused-ring (bicyclic) bond motifs is 1. The van der Waals surface area contributed by atoms with Gasteiger partial charge in [-0.25, -0.2) is 9.97 Å². The molecule has 1 fully saturated rings. The van der Waals surface area contributed by atoms with Crippen LogP contribution < -0.4 is 5.46 Å². The van der Waals surface area contributed by atoms with E-state index in [2.05, 4.69) is 83.6 Å². The van der Waals surface area contributed by atoms with Crippen molar-refractivity contribution in [3.63, 3.8) is 0 Å². The van der Waals surface area contributed by atoms with Crippen LogP contribution in [0.2, 0.25) is 5.15 Å². The molecule has 0 saturated carbocycles. The number of nitrogens with zero attached hydrogens (tertiary/aromatic N) is 3. The summed E-state index contributed by atoms with van der Waals surface area (Å²) >= 11 is 6.42. The molecule has 5 nitrogen and oxygen atoms in total. The topological polar surface area (TPSA) is 49.2 Å². The van der Waals surface area contributed by atoms with E-state index >= 15 is 0 Å². The zero-order valence-corrected chi connectivity index (χ0v) is 22.7. The van der Waals surface area contributed by atoms with Gasteiger partial charge in [0.2, 0.25) is 0 Å². The summed E-state index contributed by atoms with van der Waals surface area (Å²) in [7, 11) is -0.628. The standard InChI is InChI=1S/C31H29BClN3O2/c1-29(2)30(3,4)38-32(37-29)25-21-36(28-27(25)35-26(33)20-34-28)31(22-14-8-5-9-15-22,23-16-10-6-11-17-23)24-18-12-7-13-19-24/h5-21H,1-4H3. The van der Waals surface area contributed by atoms with Crippen LogP contribution in [0.4, 0.5) is 0 Å². The third-order valence-electron chi connectivity index (χ3n) is 7.94. The maximum atomic E-state index is 6.49. The third-order valence-corrected chi connectivity index (χ3v) is 8.12. The van der Waals surface area contributed by atoms with Crippen molar-refractivity contribution in [1.29, 1.82) is 0 Å². The molecule has 3 heterocycles. The van der Waals surface area contributed by atoms with Crippen molar-refractivity contribution < 1.29 is 9.31 Å². The Morgan fingerprint density at radius 3 is 1.63 bits per heavy atom. The van der Waals surface area contributed by atoms with Crippen molar-refractivity contribution >= 4 is 35.3 Å². The molecule has 190 valence electrons. The fourth-order valence-corrected chi connectivity index (χ4v) is 5.48. The Bertz CT molecular complexity index is 1470. The van der Waals surface area contributed by atoms with Crippen LogP contribution in [-0.2, 0) is 14.8 Å². The third kappa shape index (κ3) is 3.78. The summed E-state index contributed by atoms with van der Waals surface area (Å²) in [4.78, 5) is 9.60. The molecule has 5 aromatic rings. The van der Waals surface area contributed by atoms with Crippen LogP contribution in [0.3, 0.4) is 0 Å². The van der Waals surface area contributed by atoms with Crippen LogP contribution in [0.5, 0.6) is 0 Å². The molecule has 1 aliphatic heterocycles. The van der Waals surface area contributed by atoms with Crippen LogP contribution in [0.15, 0.2) is 103 Å². The fourth-order valence-electron chi connectivity index (χ4n) is 5.35. The molecule has 0 bridgehead atoms. The Kier molecular flexibility index (Phi) is 5.95. The van der Waals surface area contributed by atoms with Crippen molar-refractivity contribution in [2.45, 2.75) is 44.4 Å². The highest BCUT2D eigenvalue weighted by molar-refractivity contribution is 6.65. The number of benzene rings is 3. The Hall–Kier alpha value is -3.45. The van der Waals surface area contributed by atoms with Gasteiger partial charge in [-0.3, -0.25) is 0 Å². The molecule has 3 aromatic carbocycles. The normalized spacial score (nSPS) is 16.7. The van der Waals surface area contributed by atoms with Gasteiger partial charge in [0.1, 0.15) is 16.2 Å². The van der Waals surface area contributed by atoms with Gasteiger partial charge < -0.3 is 13.9 Å². The number of hydrogen-bond donors (Lipinski definition) is 0. The van der Waals surface area contributed by atoms with Crippen molar-refractivity contribution in [3.05, 3.63) is 125 Å². The van der Waals surface area contributed by atoms with Gasteiger partial charge >= 0.3 is 7.12 Å². The predicted molar refractivity (Wildman–Crippen MR) is 153 cm³/mol. The summed E-state index contributed by atoms with van der Waals surface area (Å²) < 4.78 is 15.2. The smallest absolute Gasteiger partial charge is 0.399 e. The summed E-state index contributed by atoms with van der Waals surface area (Å²) in [5.74, 6) is 0. The summed E-state index contributed by atoms with van der Waals surface area (Å²) in [5, 5.41) is 0.317. The molecule has 0 amide bonds. The Morgan fingerprint density at radius 2 is 1.18 bits per heavy atom. The molecule has 1 aliphatic rings. The lowest BCUT2D eigenvalue weighted by Gasteiger charge is -2.38. The number of hydrogen-bond acceptors (Lipinski definition) is 4. The van der Waals surface area contributed by atoms with E-state index in [-0.39, 0.29) is 0 Å². The van der Waals surface area contributed by atoms with Gasteiger partial charge in [0, 0.05) is 11.7 Å². The Morgan fingerprint density at radius 1 is 0.737 bits per heavy atom. The highest BCUT2D eigenvalue weighted by atomic mass is 35.5. The largest absolute Gasteiger partial charge is 0.498 e. The van der Waals surface area contributed by atoms with Gasteiger partial charge in [-0.15, -0.1) is 0 Å². The molecule has 38 heavy (non-hydrogen) atoms. The van der Waals surface area contributed by atoms with E-state index < -0.39 is 23.9 Å². The number of aromatic nitrogens is 3. The van der Waals surface area contributed by atoms with Crippen LogP contribution in [0, 0.1) is 0 Å². The molecule has 0 radical (unpaired) electrons. The number of rotatable bonds is 5. The minimum atomic E-state index is -0.758. The van der Waals surface area contributed by atoms with E-state index in [4.69, 9.17) is 30.9 Å². The van der Waals surface area contributed by atoms with E-state index in [1.54, 1.807) is 6.20 Å². The highest BCUT2D eigenvalue weighted by Gasteiger charge is 2.53. The second kappa shape index (κ2) is 9.09. The van der Waals surface area contributed by atoms with Crippen LogP contribution in [0.1, 0.15) is 44.4 Å². The first-order chi connectivity index (χ1) is 18.2. The van der Waals surface area contributed by atoms with E-state index in [1.807, 2.05) is 45.9 Å². The molecule has 1 saturated heterocycles. The maximum absolute atomic E-state index is 6.49. The van der Waals surface area contributed by atoms with Gasteiger partial charge in [0.05, 0.1) is 17.4 Å². The summed E-state index contributed by atoms with van der Waals surface area (Å²) in [6, 6.07) is 31.5. The SMILES string of the molecule is CC1(C)OB(c2cn(C(c3ccccc3)(c3ccccc3)c3ccccc3)c3ncc(Cl)nc23)OC1(C)C. The molecule has 0 N–H and O–H groups in total. The van der Waals surface area contributed by atoms with Crippen molar-refractivity contribution in [2.24, 2.45) is 0 Å². The average Bonchev–Trinajstić information content (AvgIpc) is 3.39. The lowest BCUT2D eigenvalue weighted by atomic mass is 9.76. The molecule has 2 aromatic heterocycles. The molecule has 0 unspecified atom stereocenters. The second-order valence-electron chi connectivity index (χ2n) is 10.7. The van der Waals surface area contributed by atoms with Crippen molar-refractivity contribution in [1.82, 2.24) is 14.5 Å². The van der Waals surface area contributed by atoms with E-state index in [9.17, 15) is 0 Å². The maximum Gasteiger partial charge on any atom is 0.498 e. The zero-order valence-electron chi connectivity index (χ0n) is 21.9. The second-order valence-corrected chi connectivity index (χ2v) is 11.1.